The first-order valence-electron chi connectivity index (χ1n) is 10.5. The van der Waals surface area contributed by atoms with Crippen LogP contribution in [0.4, 0.5) is 0 Å². The molecule has 1 aliphatic heterocycles. The van der Waals surface area contributed by atoms with Crippen molar-refractivity contribution in [2.75, 3.05) is 0 Å². The standard InChI is InChI=1S/C26H21N3O4/c1-16-22(28-13-6-5-12-20(28)27-16)24(31)21-23(18-10-7-11-19(30)14-18)29(26(33)25(21)32)15-17-8-3-2-4-9-17/h2-14,23,30-31H,15H2,1H3/b24-21+. The Bertz CT molecular complexity index is 1420. The zero-order valence-corrected chi connectivity index (χ0v) is 17.8. The summed E-state index contributed by atoms with van der Waals surface area (Å²) in [5.74, 6) is -1.78. The smallest absolute Gasteiger partial charge is 0.295 e. The van der Waals surface area contributed by atoms with Crippen molar-refractivity contribution < 1.29 is 19.8 Å². The van der Waals surface area contributed by atoms with Crippen molar-refractivity contribution in [1.82, 2.24) is 14.3 Å². The molecule has 1 atom stereocenters. The first kappa shape index (κ1) is 20.5. The number of aromatic nitrogens is 2. The van der Waals surface area contributed by atoms with Crippen LogP contribution in [0.2, 0.25) is 0 Å². The summed E-state index contributed by atoms with van der Waals surface area (Å²) >= 11 is 0. The summed E-state index contributed by atoms with van der Waals surface area (Å²) in [7, 11) is 0. The van der Waals surface area contributed by atoms with E-state index in [0.717, 1.165) is 5.56 Å². The highest BCUT2D eigenvalue weighted by Crippen LogP contribution is 2.41. The number of pyridine rings is 1. The number of aryl methyl sites for hydroxylation is 1. The number of likely N-dealkylation sites (tertiary alicyclic amines) is 1. The fourth-order valence-corrected chi connectivity index (χ4v) is 4.39. The maximum Gasteiger partial charge on any atom is 0.295 e. The van der Waals surface area contributed by atoms with Gasteiger partial charge in [0, 0.05) is 12.7 Å². The van der Waals surface area contributed by atoms with Gasteiger partial charge in [-0.05, 0) is 42.3 Å². The number of hydrogen-bond acceptors (Lipinski definition) is 5. The van der Waals surface area contributed by atoms with Crippen molar-refractivity contribution in [3.8, 4) is 5.75 Å². The Morgan fingerprint density at radius 2 is 1.76 bits per heavy atom. The molecule has 4 aromatic rings. The van der Waals surface area contributed by atoms with Gasteiger partial charge in [0.1, 0.15) is 17.1 Å². The van der Waals surface area contributed by atoms with Gasteiger partial charge in [0.25, 0.3) is 11.7 Å². The fraction of sp³-hybridized carbons (Fsp3) is 0.115. The number of nitrogens with zero attached hydrogens (tertiary/aromatic N) is 3. The van der Waals surface area contributed by atoms with Gasteiger partial charge in [-0.25, -0.2) is 4.98 Å². The quantitative estimate of drug-likeness (QED) is 0.285. The number of aliphatic hydroxyl groups is 1. The van der Waals surface area contributed by atoms with Crippen molar-refractivity contribution in [3.63, 3.8) is 0 Å². The number of aliphatic hydroxyl groups excluding tert-OH is 1. The molecule has 2 N–H and O–H groups in total. The van der Waals surface area contributed by atoms with Crippen molar-refractivity contribution >= 4 is 23.1 Å². The van der Waals surface area contributed by atoms with E-state index in [9.17, 15) is 19.8 Å². The molecule has 3 heterocycles. The summed E-state index contributed by atoms with van der Waals surface area (Å²) in [6.45, 7) is 1.92. The van der Waals surface area contributed by atoms with Gasteiger partial charge in [0.2, 0.25) is 0 Å². The molecule has 1 fully saturated rings. The second kappa shape index (κ2) is 7.94. The first-order chi connectivity index (χ1) is 16.0. The molecule has 2 aromatic carbocycles. The summed E-state index contributed by atoms with van der Waals surface area (Å²) in [5, 5.41) is 21.5. The molecule has 1 unspecified atom stereocenters. The summed E-state index contributed by atoms with van der Waals surface area (Å²) in [6.07, 6.45) is 1.74. The van der Waals surface area contributed by atoms with Crippen LogP contribution in [-0.4, -0.2) is 36.2 Å². The van der Waals surface area contributed by atoms with E-state index >= 15 is 0 Å². The number of ketones is 1. The summed E-state index contributed by atoms with van der Waals surface area (Å²) in [5.41, 5.74) is 2.84. The van der Waals surface area contributed by atoms with Crippen LogP contribution in [0.5, 0.6) is 5.75 Å². The number of imidazole rings is 1. The average molecular weight is 439 g/mol. The number of Topliss-reactive ketones (excluding diaryl/α,β-unsaturated/α-hetero) is 1. The normalized spacial score (nSPS) is 17.7. The van der Waals surface area contributed by atoms with E-state index in [2.05, 4.69) is 4.98 Å². The molecule has 0 spiro atoms. The number of fused-ring (bicyclic) bond motifs is 1. The van der Waals surface area contributed by atoms with Gasteiger partial charge in [-0.1, -0.05) is 48.5 Å². The number of phenolic OH excluding ortho intramolecular Hbond substituents is 1. The monoisotopic (exact) mass is 439 g/mol. The van der Waals surface area contributed by atoms with E-state index in [4.69, 9.17) is 0 Å². The predicted molar refractivity (Wildman–Crippen MR) is 122 cm³/mol. The summed E-state index contributed by atoms with van der Waals surface area (Å²) in [4.78, 5) is 32.3. The van der Waals surface area contributed by atoms with Crippen molar-refractivity contribution in [2.45, 2.75) is 19.5 Å². The lowest BCUT2D eigenvalue weighted by atomic mass is 9.96. The number of phenols is 1. The largest absolute Gasteiger partial charge is 0.508 e. The lowest BCUT2D eigenvalue weighted by Gasteiger charge is -2.25. The van der Waals surface area contributed by atoms with Crippen LogP contribution in [0.15, 0.2) is 84.6 Å². The van der Waals surface area contributed by atoms with Gasteiger partial charge in [0.05, 0.1) is 17.3 Å². The molecule has 1 amide bonds. The molecule has 5 rings (SSSR count). The second-order valence-corrected chi connectivity index (χ2v) is 7.98. The van der Waals surface area contributed by atoms with Crippen molar-refractivity contribution in [2.24, 2.45) is 0 Å². The maximum absolute atomic E-state index is 13.3. The molecule has 0 saturated carbocycles. The van der Waals surface area contributed by atoms with Crippen LogP contribution in [0.25, 0.3) is 11.4 Å². The number of carbonyl (C=O) groups excluding carboxylic acids is 2. The molecular weight excluding hydrogens is 418 g/mol. The van der Waals surface area contributed by atoms with Gasteiger partial charge in [-0.2, -0.15) is 0 Å². The van der Waals surface area contributed by atoms with Crippen LogP contribution in [-0.2, 0) is 16.1 Å². The summed E-state index contributed by atoms with van der Waals surface area (Å²) < 4.78 is 1.69. The highest BCUT2D eigenvalue weighted by molar-refractivity contribution is 6.46. The SMILES string of the molecule is Cc1nc2ccccn2c1/C(O)=C1\C(=O)C(=O)N(Cc2ccccc2)C1c1cccc(O)c1. The Hall–Kier alpha value is -4.39. The third-order valence-corrected chi connectivity index (χ3v) is 5.85. The minimum atomic E-state index is -0.869. The third kappa shape index (κ3) is 3.43. The summed E-state index contributed by atoms with van der Waals surface area (Å²) in [6, 6.07) is 20.3. The predicted octanol–water partition coefficient (Wildman–Crippen LogP) is 3.97. The zero-order valence-electron chi connectivity index (χ0n) is 17.8. The van der Waals surface area contributed by atoms with E-state index in [1.165, 1.54) is 17.0 Å². The van der Waals surface area contributed by atoms with Crippen LogP contribution >= 0.6 is 0 Å². The number of rotatable bonds is 4. The molecular formula is C26H21N3O4. The van der Waals surface area contributed by atoms with Gasteiger partial charge in [-0.15, -0.1) is 0 Å². The molecule has 0 bridgehead atoms. The van der Waals surface area contributed by atoms with Crippen LogP contribution < -0.4 is 0 Å². The number of carbonyl (C=O) groups is 2. The molecule has 1 aliphatic rings. The van der Waals surface area contributed by atoms with E-state index in [0.29, 0.717) is 22.6 Å². The van der Waals surface area contributed by atoms with E-state index in [1.54, 1.807) is 41.8 Å². The maximum atomic E-state index is 13.3. The first-order valence-corrected chi connectivity index (χ1v) is 10.5. The number of amides is 1. The number of hydrogen-bond donors (Lipinski definition) is 2. The van der Waals surface area contributed by atoms with Gasteiger partial charge in [0.15, 0.2) is 5.76 Å². The average Bonchev–Trinajstić information content (AvgIpc) is 3.28. The number of aromatic hydroxyl groups is 1. The lowest BCUT2D eigenvalue weighted by Crippen LogP contribution is -2.29. The van der Waals surface area contributed by atoms with E-state index in [1.807, 2.05) is 36.4 Å². The minimum Gasteiger partial charge on any atom is -0.508 e. The Balaban J connectivity index is 1.73. The Morgan fingerprint density at radius 3 is 2.52 bits per heavy atom. The highest BCUT2D eigenvalue weighted by atomic mass is 16.3. The molecule has 33 heavy (non-hydrogen) atoms. The second-order valence-electron chi connectivity index (χ2n) is 7.98. The zero-order chi connectivity index (χ0) is 23.1. The van der Waals surface area contributed by atoms with Crippen molar-refractivity contribution in [1.29, 1.82) is 0 Å². The molecule has 7 nitrogen and oxygen atoms in total. The molecule has 7 heteroatoms. The van der Waals surface area contributed by atoms with Gasteiger partial charge in [-0.3, -0.25) is 14.0 Å². The van der Waals surface area contributed by atoms with Gasteiger partial charge < -0.3 is 15.1 Å². The molecule has 0 radical (unpaired) electrons. The lowest BCUT2D eigenvalue weighted by molar-refractivity contribution is -0.140. The van der Waals surface area contributed by atoms with Gasteiger partial charge >= 0.3 is 0 Å². The molecule has 0 aliphatic carbocycles. The van der Waals surface area contributed by atoms with Crippen LogP contribution in [0, 0.1) is 6.92 Å². The Labute approximate surface area is 189 Å². The topological polar surface area (TPSA) is 95.1 Å². The van der Waals surface area contributed by atoms with Crippen molar-refractivity contribution in [3.05, 3.63) is 107 Å². The molecule has 1 saturated heterocycles. The Morgan fingerprint density at radius 1 is 1.00 bits per heavy atom. The van der Waals surface area contributed by atoms with Crippen LogP contribution in [0.1, 0.15) is 28.6 Å². The third-order valence-electron chi connectivity index (χ3n) is 5.85. The highest BCUT2D eigenvalue weighted by Gasteiger charge is 2.46. The minimum absolute atomic E-state index is 0.00350. The van der Waals surface area contributed by atoms with E-state index in [-0.39, 0.29) is 23.6 Å². The number of benzene rings is 2. The van der Waals surface area contributed by atoms with E-state index < -0.39 is 17.7 Å². The molecule has 164 valence electrons. The van der Waals surface area contributed by atoms with Crippen LogP contribution in [0.3, 0.4) is 0 Å². The molecule has 2 aromatic heterocycles. The fourth-order valence-electron chi connectivity index (χ4n) is 4.39. The Kier molecular flexibility index (Phi) is 4.94.